The molecule has 1 aliphatic rings. The number of hydrogen-bond acceptors (Lipinski definition) is 1. The van der Waals surface area contributed by atoms with Crippen LogP contribution in [0.1, 0.15) is 36.5 Å². The molecule has 0 amide bonds. The quantitative estimate of drug-likeness (QED) is 0.141. The Labute approximate surface area is 386 Å². The maximum atomic E-state index is 2.51. The minimum atomic E-state index is -0.292. The highest BCUT2D eigenvalue weighted by molar-refractivity contribution is 6.26. The first-order valence-corrected chi connectivity index (χ1v) is 23.2. The molecule has 314 valence electrons. The molecule has 0 bridgehead atoms. The van der Waals surface area contributed by atoms with Crippen LogP contribution in [0.3, 0.4) is 0 Å². The van der Waals surface area contributed by atoms with Gasteiger partial charge in [-0.15, -0.1) is 0 Å². The number of nitrogens with zero attached hydrogens (tertiary/aromatic N) is 2. The Morgan fingerprint density at radius 3 is 1.65 bits per heavy atom. The molecule has 0 aliphatic heterocycles. The molecule has 2 heteroatoms. The van der Waals surface area contributed by atoms with Gasteiger partial charge in [0, 0.05) is 38.8 Å². The van der Waals surface area contributed by atoms with Crippen molar-refractivity contribution in [2.45, 2.75) is 25.2 Å². The second kappa shape index (κ2) is 16.4. The number of aromatic nitrogens is 1. The molecular formula is C64H48N2. The van der Waals surface area contributed by atoms with Gasteiger partial charge in [-0.2, -0.15) is 0 Å². The molecule has 0 fully saturated rings. The fourth-order valence-corrected chi connectivity index (χ4v) is 10.8. The number of allylic oxidation sites excluding steroid dienone is 4. The van der Waals surface area contributed by atoms with Gasteiger partial charge in [0.1, 0.15) is 0 Å². The van der Waals surface area contributed by atoms with Crippen molar-refractivity contribution in [3.05, 3.63) is 271 Å². The maximum absolute atomic E-state index is 2.51. The first-order chi connectivity index (χ1) is 32.6. The normalized spacial score (nSPS) is 13.0. The third-order valence-corrected chi connectivity index (χ3v) is 14.0. The smallest absolute Gasteiger partial charge is 0.0553 e. The van der Waals surface area contributed by atoms with Gasteiger partial charge in [-0.25, -0.2) is 0 Å². The van der Waals surface area contributed by atoms with E-state index < -0.39 is 0 Å². The van der Waals surface area contributed by atoms with Gasteiger partial charge in [0.2, 0.25) is 0 Å². The van der Waals surface area contributed by atoms with Crippen LogP contribution >= 0.6 is 0 Å². The van der Waals surface area contributed by atoms with E-state index in [9.17, 15) is 0 Å². The number of rotatable bonds is 9. The second-order valence-corrected chi connectivity index (χ2v) is 17.7. The predicted octanol–water partition coefficient (Wildman–Crippen LogP) is 17.3. The van der Waals surface area contributed by atoms with Crippen molar-refractivity contribution in [3.8, 4) is 16.8 Å². The fourth-order valence-electron chi connectivity index (χ4n) is 10.8. The summed E-state index contributed by atoms with van der Waals surface area (Å²) in [5.41, 5.74) is 15.6. The van der Waals surface area contributed by atoms with Crippen molar-refractivity contribution in [1.82, 2.24) is 4.57 Å². The molecule has 12 rings (SSSR count). The van der Waals surface area contributed by atoms with Crippen LogP contribution in [0, 0.1) is 0 Å². The lowest BCUT2D eigenvalue weighted by atomic mass is 9.66. The molecule has 0 spiro atoms. The number of benzene rings is 10. The highest BCUT2D eigenvalue weighted by Crippen LogP contribution is 2.49. The van der Waals surface area contributed by atoms with Crippen LogP contribution in [0.25, 0.3) is 65.7 Å². The lowest BCUT2D eigenvalue weighted by Gasteiger charge is -2.37. The standard InChI is InChI=1S/C64H48N2/c1-64(48-24-6-2-7-25-48,49-26-8-3-9-27-49)59-36-20-18-32-53(59)45-38-40-52(41-39-45)66-61-43-47-23-15-14-22-46(47)42-58(61)63-56-35-17-16-33-54(56)57(44-62(63)66)55-34-19-21-37-60(55)65(50-28-10-4-11-29-50)51-30-12-5-13-31-51/h2-19,21-35,37-44H,20,36H2,1H3. The van der Waals surface area contributed by atoms with E-state index in [1.54, 1.807) is 0 Å². The van der Waals surface area contributed by atoms with Crippen LogP contribution in [-0.2, 0) is 5.41 Å². The summed E-state index contributed by atoms with van der Waals surface area (Å²) in [7, 11) is 0. The summed E-state index contributed by atoms with van der Waals surface area (Å²) in [6, 6.07) is 86.9. The molecule has 10 aromatic carbocycles. The van der Waals surface area contributed by atoms with Crippen molar-refractivity contribution in [3.63, 3.8) is 0 Å². The van der Waals surface area contributed by atoms with Gasteiger partial charge < -0.3 is 9.47 Å². The number of para-hydroxylation sites is 3. The molecule has 0 radical (unpaired) electrons. The Morgan fingerprint density at radius 1 is 0.455 bits per heavy atom. The van der Waals surface area contributed by atoms with E-state index >= 15 is 0 Å². The van der Waals surface area contributed by atoms with E-state index in [-0.39, 0.29) is 5.41 Å². The molecule has 0 saturated heterocycles. The molecule has 1 aromatic heterocycles. The molecule has 66 heavy (non-hydrogen) atoms. The summed E-state index contributed by atoms with van der Waals surface area (Å²) in [6.07, 6.45) is 6.74. The lowest BCUT2D eigenvalue weighted by Crippen LogP contribution is -2.28. The first kappa shape index (κ1) is 39.4. The maximum Gasteiger partial charge on any atom is 0.0553 e. The van der Waals surface area contributed by atoms with Crippen LogP contribution in [0.5, 0.6) is 0 Å². The predicted molar refractivity (Wildman–Crippen MR) is 281 cm³/mol. The Balaban J connectivity index is 1.09. The molecule has 0 unspecified atom stereocenters. The Hall–Kier alpha value is -8.20. The zero-order valence-corrected chi connectivity index (χ0v) is 37.0. The van der Waals surface area contributed by atoms with Crippen LogP contribution in [-0.4, -0.2) is 4.57 Å². The minimum absolute atomic E-state index is 0.292. The summed E-state index contributed by atoms with van der Waals surface area (Å²) in [5, 5.41) is 7.45. The van der Waals surface area contributed by atoms with Gasteiger partial charge in [0.15, 0.2) is 0 Å². The van der Waals surface area contributed by atoms with E-state index in [2.05, 4.69) is 265 Å². The highest BCUT2D eigenvalue weighted by atomic mass is 15.1. The molecule has 0 saturated carbocycles. The van der Waals surface area contributed by atoms with Crippen LogP contribution in [0.2, 0.25) is 0 Å². The fraction of sp³-hybridized carbons (Fsp3) is 0.0625. The molecule has 1 heterocycles. The largest absolute Gasteiger partial charge is 0.310 e. The molecule has 11 aromatic rings. The average molecular weight is 845 g/mol. The average Bonchev–Trinajstić information content (AvgIpc) is 3.72. The Morgan fingerprint density at radius 2 is 1.00 bits per heavy atom. The van der Waals surface area contributed by atoms with Crippen LogP contribution in [0.4, 0.5) is 17.1 Å². The van der Waals surface area contributed by atoms with Gasteiger partial charge >= 0.3 is 0 Å². The number of hydrogen-bond donors (Lipinski definition) is 0. The summed E-state index contributed by atoms with van der Waals surface area (Å²) in [4.78, 5) is 2.39. The van der Waals surface area contributed by atoms with Crippen molar-refractivity contribution < 1.29 is 0 Å². The van der Waals surface area contributed by atoms with Crippen molar-refractivity contribution in [2.75, 3.05) is 4.90 Å². The molecule has 2 nitrogen and oxygen atoms in total. The summed E-state index contributed by atoms with van der Waals surface area (Å²) in [5.74, 6) is 0. The van der Waals surface area contributed by atoms with Gasteiger partial charge in [0.25, 0.3) is 0 Å². The molecule has 0 N–H and O–H groups in total. The molecular weight excluding hydrogens is 797 g/mol. The second-order valence-electron chi connectivity index (χ2n) is 17.7. The van der Waals surface area contributed by atoms with Crippen LogP contribution < -0.4 is 4.90 Å². The van der Waals surface area contributed by atoms with E-state index in [1.807, 2.05) is 0 Å². The SMILES string of the molecule is CC(C1=C(c2ccc(-n3c4cc5ccccc5cc4c4c5ccccc5c(-c5ccccc5N(c5ccccc5)c5ccccc5)cc43)cc2)C=CCC1)(c1ccccc1)c1ccccc1. The summed E-state index contributed by atoms with van der Waals surface area (Å²) >= 11 is 0. The van der Waals surface area contributed by atoms with Gasteiger partial charge in [0.05, 0.1) is 16.7 Å². The van der Waals surface area contributed by atoms with Crippen molar-refractivity contribution >= 4 is 66.0 Å². The minimum Gasteiger partial charge on any atom is -0.310 e. The molecule has 1 aliphatic carbocycles. The lowest BCUT2D eigenvalue weighted by molar-refractivity contribution is 0.637. The zero-order valence-electron chi connectivity index (χ0n) is 37.0. The number of anilines is 3. The van der Waals surface area contributed by atoms with Crippen LogP contribution in [0.15, 0.2) is 254 Å². The highest BCUT2D eigenvalue weighted by Gasteiger charge is 2.35. The van der Waals surface area contributed by atoms with Crippen molar-refractivity contribution in [2.24, 2.45) is 0 Å². The Kier molecular flexibility index (Phi) is 9.80. The summed E-state index contributed by atoms with van der Waals surface area (Å²) < 4.78 is 2.51. The van der Waals surface area contributed by atoms with E-state index in [0.29, 0.717) is 0 Å². The van der Waals surface area contributed by atoms with E-state index in [4.69, 9.17) is 0 Å². The third kappa shape index (κ3) is 6.56. The third-order valence-electron chi connectivity index (χ3n) is 14.0. The van der Waals surface area contributed by atoms with E-state index in [0.717, 1.165) is 35.6 Å². The van der Waals surface area contributed by atoms with Gasteiger partial charge in [-0.05, 0) is 135 Å². The summed E-state index contributed by atoms with van der Waals surface area (Å²) in [6.45, 7) is 2.42. The molecule has 0 atom stereocenters. The Bertz CT molecular complexity index is 3540. The van der Waals surface area contributed by atoms with Gasteiger partial charge in [-0.1, -0.05) is 188 Å². The first-order valence-electron chi connectivity index (χ1n) is 23.2. The van der Waals surface area contributed by atoms with Crippen molar-refractivity contribution in [1.29, 1.82) is 0 Å². The van der Waals surface area contributed by atoms with Gasteiger partial charge in [-0.3, -0.25) is 0 Å². The topological polar surface area (TPSA) is 8.17 Å². The zero-order chi connectivity index (χ0) is 44.0. The number of fused-ring (bicyclic) bond motifs is 6. The monoisotopic (exact) mass is 844 g/mol. The van der Waals surface area contributed by atoms with E-state index in [1.165, 1.54) is 82.3 Å².